The van der Waals surface area contributed by atoms with Gasteiger partial charge in [0.05, 0.1) is 6.54 Å². The molecule has 3 nitrogen and oxygen atoms in total. The third-order valence-corrected chi connectivity index (χ3v) is 2.48. The van der Waals surface area contributed by atoms with Gasteiger partial charge in [-0.05, 0) is 6.92 Å². The van der Waals surface area contributed by atoms with Crippen LogP contribution in [0.15, 0.2) is 0 Å². The maximum Gasteiger partial charge on any atom is 0.237 e. The van der Waals surface area contributed by atoms with Crippen LogP contribution in [0.5, 0.6) is 0 Å². The van der Waals surface area contributed by atoms with Crippen molar-refractivity contribution >= 4 is 28.8 Å². The Morgan fingerprint density at radius 1 is 1.60 bits per heavy atom. The highest BCUT2D eigenvalue weighted by Gasteiger charge is 2.20. The van der Waals surface area contributed by atoms with Gasteiger partial charge in [0, 0.05) is 42.5 Å². The van der Waals surface area contributed by atoms with E-state index < -0.39 is 0 Å². The van der Waals surface area contributed by atoms with E-state index in [9.17, 15) is 4.79 Å². The van der Waals surface area contributed by atoms with Gasteiger partial charge in [-0.2, -0.15) is 0 Å². The van der Waals surface area contributed by atoms with Crippen molar-refractivity contribution in [1.29, 1.82) is 0 Å². The first-order chi connectivity index (χ1) is 4.74. The molecule has 10 heavy (non-hydrogen) atoms. The second kappa shape index (κ2) is 3.52. The Labute approximate surface area is 74.9 Å². The van der Waals surface area contributed by atoms with Crippen LogP contribution in [0.2, 0.25) is 0 Å². The molecule has 0 aliphatic carbocycles. The molecular weight excluding hydrogens is 243 g/mol. The average Bonchev–Trinajstić information content (AvgIpc) is 1.88. The maximum absolute atomic E-state index is 11.1. The first-order valence-corrected chi connectivity index (χ1v) is 4.39. The SMILES string of the molecule is CCN1CCN(I)CC1=O. The number of halogens is 1. The van der Waals surface area contributed by atoms with Gasteiger partial charge in [0.2, 0.25) is 5.91 Å². The molecule has 0 spiro atoms. The molecule has 0 aromatic rings. The summed E-state index contributed by atoms with van der Waals surface area (Å²) >= 11 is 2.18. The van der Waals surface area contributed by atoms with Crippen LogP contribution in [0.4, 0.5) is 0 Å². The van der Waals surface area contributed by atoms with E-state index in [2.05, 4.69) is 22.9 Å². The predicted octanol–water partition coefficient (Wildman–Crippen LogP) is 0.500. The fourth-order valence-corrected chi connectivity index (χ4v) is 1.52. The molecule has 0 atom stereocenters. The molecule has 0 bridgehead atoms. The third-order valence-electron chi connectivity index (χ3n) is 1.65. The van der Waals surface area contributed by atoms with Gasteiger partial charge in [0.15, 0.2) is 0 Å². The minimum absolute atomic E-state index is 0.253. The number of carbonyl (C=O) groups excluding carboxylic acids is 1. The molecule has 1 saturated heterocycles. The number of amides is 1. The van der Waals surface area contributed by atoms with Crippen molar-refractivity contribution in [3.05, 3.63) is 0 Å². The summed E-state index contributed by atoms with van der Waals surface area (Å²) in [5.74, 6) is 0.253. The van der Waals surface area contributed by atoms with E-state index >= 15 is 0 Å². The second-order valence-electron chi connectivity index (χ2n) is 2.32. The zero-order valence-corrected chi connectivity index (χ0v) is 8.17. The van der Waals surface area contributed by atoms with Gasteiger partial charge in [0.25, 0.3) is 0 Å². The van der Waals surface area contributed by atoms with E-state index in [1.54, 1.807) is 0 Å². The second-order valence-corrected chi connectivity index (χ2v) is 3.68. The first-order valence-electron chi connectivity index (χ1n) is 3.42. The fraction of sp³-hybridized carbons (Fsp3) is 0.833. The standard InChI is InChI=1S/C6H11IN2O/c1-2-8-3-4-9(7)5-6(8)10/h2-5H2,1H3. The van der Waals surface area contributed by atoms with Crippen LogP contribution in [0.3, 0.4) is 0 Å². The molecule has 1 fully saturated rings. The smallest absolute Gasteiger partial charge is 0.237 e. The van der Waals surface area contributed by atoms with E-state index in [1.807, 2.05) is 14.9 Å². The molecule has 58 valence electrons. The molecule has 1 rings (SSSR count). The molecule has 1 amide bonds. The molecule has 1 aliphatic heterocycles. The van der Waals surface area contributed by atoms with Gasteiger partial charge in [-0.25, -0.2) is 3.11 Å². The van der Waals surface area contributed by atoms with Gasteiger partial charge in [-0.15, -0.1) is 0 Å². The van der Waals surface area contributed by atoms with Crippen molar-refractivity contribution in [1.82, 2.24) is 8.01 Å². The third kappa shape index (κ3) is 1.82. The lowest BCUT2D eigenvalue weighted by Gasteiger charge is -2.29. The Morgan fingerprint density at radius 2 is 2.30 bits per heavy atom. The molecule has 1 aliphatic rings. The number of nitrogens with zero attached hydrogens (tertiary/aromatic N) is 2. The van der Waals surface area contributed by atoms with Gasteiger partial charge in [-0.3, -0.25) is 4.79 Å². The molecule has 0 N–H and O–H groups in total. The molecular formula is C6H11IN2O. The summed E-state index contributed by atoms with van der Waals surface area (Å²) < 4.78 is 2.02. The lowest BCUT2D eigenvalue weighted by molar-refractivity contribution is -0.133. The van der Waals surface area contributed by atoms with Gasteiger partial charge < -0.3 is 4.90 Å². The number of piperazine rings is 1. The molecule has 0 unspecified atom stereocenters. The van der Waals surface area contributed by atoms with Crippen molar-refractivity contribution in [3.63, 3.8) is 0 Å². The Bertz CT molecular complexity index is 140. The Balaban J connectivity index is 2.43. The van der Waals surface area contributed by atoms with E-state index in [1.165, 1.54) is 0 Å². The lowest BCUT2D eigenvalue weighted by Crippen LogP contribution is -2.46. The predicted molar refractivity (Wildman–Crippen MR) is 47.8 cm³/mol. The van der Waals surface area contributed by atoms with Crippen molar-refractivity contribution < 1.29 is 4.79 Å². The van der Waals surface area contributed by atoms with Crippen molar-refractivity contribution in [3.8, 4) is 0 Å². The quantitative estimate of drug-likeness (QED) is 0.502. The Kier molecular flexibility index (Phi) is 2.91. The van der Waals surface area contributed by atoms with Crippen LogP contribution < -0.4 is 0 Å². The highest BCUT2D eigenvalue weighted by atomic mass is 127. The summed E-state index contributed by atoms with van der Waals surface area (Å²) in [6, 6.07) is 0. The monoisotopic (exact) mass is 254 g/mol. The maximum atomic E-state index is 11.1. The summed E-state index contributed by atoms with van der Waals surface area (Å²) in [6.45, 7) is 5.33. The molecule has 0 saturated carbocycles. The van der Waals surface area contributed by atoms with E-state index in [4.69, 9.17) is 0 Å². The fourth-order valence-electron chi connectivity index (χ4n) is 1.01. The topological polar surface area (TPSA) is 23.6 Å². The van der Waals surface area contributed by atoms with Crippen LogP contribution in [-0.4, -0.2) is 40.1 Å². The first kappa shape index (κ1) is 8.26. The zero-order chi connectivity index (χ0) is 7.56. The molecule has 1 heterocycles. The minimum atomic E-state index is 0.253. The number of hydrogen-bond acceptors (Lipinski definition) is 2. The number of hydrogen-bond donors (Lipinski definition) is 0. The van der Waals surface area contributed by atoms with Gasteiger partial charge >= 0.3 is 0 Å². The lowest BCUT2D eigenvalue weighted by atomic mass is 10.3. The van der Waals surface area contributed by atoms with E-state index in [0.717, 1.165) is 19.6 Å². The normalized spacial score (nSPS) is 21.8. The summed E-state index contributed by atoms with van der Waals surface area (Å²) in [4.78, 5) is 13.0. The van der Waals surface area contributed by atoms with Crippen molar-refractivity contribution in [2.75, 3.05) is 26.2 Å². The highest BCUT2D eigenvalue weighted by Crippen LogP contribution is 2.06. The largest absolute Gasteiger partial charge is 0.341 e. The van der Waals surface area contributed by atoms with Gasteiger partial charge in [-0.1, -0.05) is 0 Å². The van der Waals surface area contributed by atoms with E-state index in [0.29, 0.717) is 6.54 Å². The molecule has 0 aromatic heterocycles. The van der Waals surface area contributed by atoms with Crippen LogP contribution >= 0.6 is 22.9 Å². The number of carbonyl (C=O) groups is 1. The van der Waals surface area contributed by atoms with Crippen LogP contribution in [0, 0.1) is 0 Å². The number of likely N-dealkylation sites (N-methyl/N-ethyl adjacent to an activating group) is 1. The summed E-state index contributed by atoms with van der Waals surface area (Å²) in [5.41, 5.74) is 0. The average molecular weight is 254 g/mol. The minimum Gasteiger partial charge on any atom is -0.341 e. The van der Waals surface area contributed by atoms with Crippen molar-refractivity contribution in [2.45, 2.75) is 6.92 Å². The molecule has 0 radical (unpaired) electrons. The summed E-state index contributed by atoms with van der Waals surface area (Å²) in [5, 5.41) is 0. The van der Waals surface area contributed by atoms with Crippen LogP contribution in [-0.2, 0) is 4.79 Å². The van der Waals surface area contributed by atoms with E-state index in [-0.39, 0.29) is 5.91 Å². The summed E-state index contributed by atoms with van der Waals surface area (Å²) in [7, 11) is 0. The van der Waals surface area contributed by atoms with Crippen LogP contribution in [0.1, 0.15) is 6.92 Å². The van der Waals surface area contributed by atoms with Gasteiger partial charge in [0.1, 0.15) is 0 Å². The molecule has 4 heteroatoms. The summed E-state index contributed by atoms with van der Waals surface area (Å²) in [6.07, 6.45) is 0. The Morgan fingerprint density at radius 3 is 2.80 bits per heavy atom. The molecule has 0 aromatic carbocycles. The Hall–Kier alpha value is 0.160. The highest BCUT2D eigenvalue weighted by molar-refractivity contribution is 14.1. The van der Waals surface area contributed by atoms with Crippen LogP contribution in [0.25, 0.3) is 0 Å². The zero-order valence-electron chi connectivity index (χ0n) is 6.01. The number of rotatable bonds is 1. The van der Waals surface area contributed by atoms with Crippen molar-refractivity contribution in [2.24, 2.45) is 0 Å².